The lowest BCUT2D eigenvalue weighted by Gasteiger charge is -2.26. The zero-order chi connectivity index (χ0) is 20.6. The molecule has 0 bridgehead atoms. The Labute approximate surface area is 157 Å². The molecule has 150 valence electrons. The van der Waals surface area contributed by atoms with Crippen LogP contribution in [0.4, 0.5) is 0 Å². The summed E-state index contributed by atoms with van der Waals surface area (Å²) in [6, 6.07) is 2.88. The molecule has 0 heterocycles. The minimum absolute atomic E-state index is 0.0992. The molecule has 9 nitrogen and oxygen atoms in total. The van der Waals surface area contributed by atoms with Crippen molar-refractivity contribution in [2.24, 2.45) is 11.7 Å². The molecular formula is C18H27N3O6. The molecule has 0 saturated carbocycles. The fourth-order valence-corrected chi connectivity index (χ4v) is 2.39. The number of carboxylic acids is 1. The molecule has 0 aliphatic carbocycles. The molecule has 0 aliphatic rings. The molecule has 1 aromatic carbocycles. The van der Waals surface area contributed by atoms with E-state index in [1.165, 1.54) is 12.1 Å². The van der Waals surface area contributed by atoms with Gasteiger partial charge in [-0.1, -0.05) is 32.4 Å². The second-order valence-corrected chi connectivity index (χ2v) is 6.43. The average molecular weight is 381 g/mol. The number of carbonyl (C=O) groups is 3. The molecule has 4 unspecified atom stereocenters. The molecule has 0 aromatic heterocycles. The molecule has 7 N–H and O–H groups in total. The number of nitrogens with one attached hydrogen (secondary N) is 2. The normalized spacial score (nSPS) is 15.3. The molecule has 2 amide bonds. The Morgan fingerprint density at radius 1 is 1.11 bits per heavy atom. The number of nitrogens with two attached hydrogens (primary N) is 1. The van der Waals surface area contributed by atoms with Crippen molar-refractivity contribution in [3.8, 4) is 5.75 Å². The number of phenolic OH excluding ortho intramolecular Hbond substituents is 1. The summed E-state index contributed by atoms with van der Waals surface area (Å²) in [5.74, 6) is -2.80. The topological polar surface area (TPSA) is 162 Å². The number of rotatable bonds is 10. The monoisotopic (exact) mass is 381 g/mol. The summed E-state index contributed by atoms with van der Waals surface area (Å²) in [5.41, 5.74) is 6.65. The Morgan fingerprint density at radius 2 is 1.70 bits per heavy atom. The van der Waals surface area contributed by atoms with Crippen LogP contribution in [0.1, 0.15) is 25.8 Å². The summed E-state index contributed by atoms with van der Waals surface area (Å²) in [6.07, 6.45) is 0.762. The number of phenols is 1. The van der Waals surface area contributed by atoms with Gasteiger partial charge in [-0.2, -0.15) is 0 Å². The van der Waals surface area contributed by atoms with Gasteiger partial charge in [-0.3, -0.25) is 9.59 Å². The number of aromatic hydroxyl groups is 1. The fraction of sp³-hybridized carbons (Fsp3) is 0.500. The highest BCUT2D eigenvalue weighted by atomic mass is 16.4. The lowest BCUT2D eigenvalue weighted by atomic mass is 9.97. The van der Waals surface area contributed by atoms with Crippen molar-refractivity contribution in [2.75, 3.05) is 6.61 Å². The molecule has 0 fully saturated rings. The van der Waals surface area contributed by atoms with Crippen molar-refractivity contribution in [2.45, 2.75) is 44.8 Å². The first-order valence-electron chi connectivity index (χ1n) is 8.67. The molecular weight excluding hydrogens is 354 g/mol. The lowest BCUT2D eigenvalue weighted by Crippen LogP contribution is -2.57. The SMILES string of the molecule is CCC(C)C(NC(=O)C(N)Cc1ccc(O)cc1)C(=O)NC(CO)C(=O)O. The van der Waals surface area contributed by atoms with Crippen LogP contribution in [0.2, 0.25) is 0 Å². The minimum atomic E-state index is -1.45. The van der Waals surface area contributed by atoms with E-state index in [2.05, 4.69) is 10.6 Å². The quantitative estimate of drug-likeness (QED) is 0.314. The van der Waals surface area contributed by atoms with Crippen molar-refractivity contribution in [1.29, 1.82) is 0 Å². The van der Waals surface area contributed by atoms with E-state index in [-0.39, 0.29) is 18.1 Å². The van der Waals surface area contributed by atoms with Crippen LogP contribution in [0.15, 0.2) is 24.3 Å². The standard InChI is InChI=1S/C18H27N3O6/c1-3-10(2)15(17(25)20-14(9-22)18(26)27)21-16(24)13(19)8-11-4-6-12(23)7-5-11/h4-7,10,13-15,22-23H,3,8-9,19H2,1-2H3,(H,20,25)(H,21,24)(H,26,27). The van der Waals surface area contributed by atoms with E-state index in [1.54, 1.807) is 19.1 Å². The van der Waals surface area contributed by atoms with Crippen LogP contribution >= 0.6 is 0 Å². The van der Waals surface area contributed by atoms with Crippen molar-refractivity contribution in [3.63, 3.8) is 0 Å². The van der Waals surface area contributed by atoms with Gasteiger partial charge in [0.2, 0.25) is 11.8 Å². The molecule has 1 rings (SSSR count). The number of carboxylic acid groups (broad SMARTS) is 1. The van der Waals surface area contributed by atoms with Gasteiger partial charge in [0.25, 0.3) is 0 Å². The van der Waals surface area contributed by atoms with E-state index in [4.69, 9.17) is 15.9 Å². The number of aliphatic hydroxyl groups is 1. The van der Waals surface area contributed by atoms with Crippen molar-refractivity contribution in [1.82, 2.24) is 10.6 Å². The third kappa shape index (κ3) is 6.87. The number of hydrogen-bond donors (Lipinski definition) is 6. The van der Waals surface area contributed by atoms with E-state index >= 15 is 0 Å². The molecule has 0 saturated heterocycles. The predicted octanol–water partition coefficient (Wildman–Crippen LogP) is -0.645. The molecule has 0 spiro atoms. The number of benzene rings is 1. The van der Waals surface area contributed by atoms with Crippen LogP contribution in [-0.2, 0) is 20.8 Å². The second-order valence-electron chi connectivity index (χ2n) is 6.43. The fourth-order valence-electron chi connectivity index (χ4n) is 2.39. The molecule has 9 heteroatoms. The Hall–Kier alpha value is -2.65. The first-order valence-corrected chi connectivity index (χ1v) is 8.67. The van der Waals surface area contributed by atoms with Crippen molar-refractivity contribution in [3.05, 3.63) is 29.8 Å². The number of aliphatic carboxylic acids is 1. The summed E-state index contributed by atoms with van der Waals surface area (Å²) in [4.78, 5) is 35.8. The number of aliphatic hydroxyl groups excluding tert-OH is 1. The van der Waals surface area contributed by atoms with Gasteiger partial charge in [-0.05, 0) is 30.0 Å². The molecule has 4 atom stereocenters. The number of hydrogen-bond acceptors (Lipinski definition) is 6. The molecule has 0 aliphatic heterocycles. The Morgan fingerprint density at radius 3 is 2.19 bits per heavy atom. The van der Waals surface area contributed by atoms with E-state index in [0.29, 0.717) is 6.42 Å². The van der Waals surface area contributed by atoms with Gasteiger partial charge in [-0.25, -0.2) is 4.79 Å². The van der Waals surface area contributed by atoms with Crippen molar-refractivity contribution >= 4 is 17.8 Å². The van der Waals surface area contributed by atoms with Gasteiger partial charge >= 0.3 is 5.97 Å². The lowest BCUT2D eigenvalue weighted by molar-refractivity contribution is -0.143. The maximum atomic E-state index is 12.4. The van der Waals surface area contributed by atoms with E-state index in [1.807, 2.05) is 6.92 Å². The minimum Gasteiger partial charge on any atom is -0.508 e. The largest absolute Gasteiger partial charge is 0.508 e. The Bertz CT molecular complexity index is 649. The third-order valence-electron chi connectivity index (χ3n) is 4.32. The van der Waals surface area contributed by atoms with Crippen LogP contribution in [-0.4, -0.2) is 57.8 Å². The molecule has 1 aromatic rings. The predicted molar refractivity (Wildman–Crippen MR) is 97.8 cm³/mol. The first kappa shape index (κ1) is 22.4. The summed E-state index contributed by atoms with van der Waals surface area (Å²) in [5, 5.41) is 32.1. The molecule has 0 radical (unpaired) electrons. The van der Waals surface area contributed by atoms with Crippen LogP contribution in [0, 0.1) is 5.92 Å². The summed E-state index contributed by atoms with van der Waals surface area (Å²) < 4.78 is 0. The summed E-state index contributed by atoms with van der Waals surface area (Å²) in [7, 11) is 0. The van der Waals surface area contributed by atoms with Gasteiger partial charge < -0.3 is 31.7 Å². The highest BCUT2D eigenvalue weighted by Gasteiger charge is 2.30. The smallest absolute Gasteiger partial charge is 0.328 e. The van der Waals surface area contributed by atoms with Crippen molar-refractivity contribution < 1.29 is 29.7 Å². The van der Waals surface area contributed by atoms with Gasteiger partial charge in [0.1, 0.15) is 17.8 Å². The van der Waals surface area contributed by atoms with Crippen LogP contribution in [0.5, 0.6) is 5.75 Å². The number of amides is 2. The van der Waals surface area contributed by atoms with E-state index < -0.39 is 42.5 Å². The summed E-state index contributed by atoms with van der Waals surface area (Å²) >= 11 is 0. The van der Waals surface area contributed by atoms with E-state index in [0.717, 1.165) is 5.56 Å². The second kappa shape index (κ2) is 10.5. The highest BCUT2D eigenvalue weighted by Crippen LogP contribution is 2.12. The van der Waals surface area contributed by atoms with Crippen LogP contribution in [0.25, 0.3) is 0 Å². The zero-order valence-electron chi connectivity index (χ0n) is 15.4. The molecule has 27 heavy (non-hydrogen) atoms. The Kier molecular flexibility index (Phi) is 8.70. The van der Waals surface area contributed by atoms with Gasteiger partial charge in [0.15, 0.2) is 0 Å². The average Bonchev–Trinajstić information content (AvgIpc) is 2.64. The maximum absolute atomic E-state index is 12.4. The van der Waals surface area contributed by atoms with Crippen LogP contribution < -0.4 is 16.4 Å². The summed E-state index contributed by atoms with van der Waals surface area (Å²) in [6.45, 7) is 2.81. The van der Waals surface area contributed by atoms with Crippen LogP contribution in [0.3, 0.4) is 0 Å². The maximum Gasteiger partial charge on any atom is 0.328 e. The first-order chi connectivity index (χ1) is 12.7. The highest BCUT2D eigenvalue weighted by molar-refractivity contribution is 5.92. The van der Waals surface area contributed by atoms with Gasteiger partial charge in [-0.15, -0.1) is 0 Å². The van der Waals surface area contributed by atoms with Gasteiger partial charge in [0.05, 0.1) is 12.6 Å². The zero-order valence-corrected chi connectivity index (χ0v) is 15.4. The third-order valence-corrected chi connectivity index (χ3v) is 4.32. The Balaban J connectivity index is 2.79. The van der Waals surface area contributed by atoms with E-state index in [9.17, 15) is 19.5 Å². The van der Waals surface area contributed by atoms with Gasteiger partial charge in [0, 0.05) is 0 Å². The number of carbonyl (C=O) groups excluding carboxylic acids is 2.